The molecule has 4 heteroatoms. The van der Waals surface area contributed by atoms with E-state index in [1.54, 1.807) is 0 Å². The zero-order valence-corrected chi connectivity index (χ0v) is 6.82. The Morgan fingerprint density at radius 2 is 1.90 bits per heavy atom. The fourth-order valence-corrected chi connectivity index (χ4v) is 0.250. The largest absolute Gasteiger partial charge is 0.356 e. The Morgan fingerprint density at radius 3 is 2.20 bits per heavy atom. The Kier molecular flexibility index (Phi) is 3.32. The van der Waals surface area contributed by atoms with E-state index in [1.807, 2.05) is 20.8 Å². The van der Waals surface area contributed by atoms with Crippen LogP contribution in [0.25, 0.3) is 0 Å². The minimum Gasteiger partial charge on any atom is -0.356 e. The second-order valence-electron chi connectivity index (χ2n) is 3.07. The fourth-order valence-electron chi connectivity index (χ4n) is 0.250. The molecule has 0 bridgehead atoms. The van der Waals surface area contributed by atoms with Crippen LogP contribution in [0.4, 0.5) is 0 Å². The number of hydrogen-bond acceptors (Lipinski definition) is 4. The summed E-state index contributed by atoms with van der Waals surface area (Å²) in [5.41, 5.74) is 4.98. The van der Waals surface area contributed by atoms with Gasteiger partial charge in [-0.3, -0.25) is 4.79 Å². The Morgan fingerprint density at radius 1 is 1.40 bits per heavy atom. The van der Waals surface area contributed by atoms with Crippen molar-refractivity contribution in [2.24, 2.45) is 0 Å². The molecule has 0 radical (unpaired) electrons. The molecule has 2 N–H and O–H groups in total. The van der Waals surface area contributed by atoms with Crippen LogP contribution >= 0.6 is 0 Å². The predicted molar refractivity (Wildman–Crippen MR) is 37.8 cm³/mol. The molecule has 0 saturated carbocycles. The molecule has 0 saturated heterocycles. The van der Waals surface area contributed by atoms with Crippen molar-refractivity contribution in [2.45, 2.75) is 33.2 Å². The molecular weight excluding hydrogens is 132 g/mol. The third-order valence-electron chi connectivity index (χ3n) is 0.621. The first-order chi connectivity index (χ1) is 4.42. The van der Waals surface area contributed by atoms with Gasteiger partial charge in [0.05, 0.1) is 0 Å². The molecule has 0 atom stereocenters. The van der Waals surface area contributed by atoms with Crippen LogP contribution in [0.15, 0.2) is 0 Å². The summed E-state index contributed by atoms with van der Waals surface area (Å²) >= 11 is 0. The summed E-state index contributed by atoms with van der Waals surface area (Å²) in [6, 6.07) is 0. The highest BCUT2D eigenvalue weighted by Gasteiger charge is 2.07. The predicted octanol–water partition coefficient (Wildman–Crippen LogP) is 0.357. The summed E-state index contributed by atoms with van der Waals surface area (Å²) in [6.45, 7) is 7.17. The molecule has 0 aliphatic carbocycles. The van der Waals surface area contributed by atoms with Crippen LogP contribution in [-0.2, 0) is 9.63 Å². The van der Waals surface area contributed by atoms with E-state index in [4.69, 9.17) is 0 Å². The zero-order valence-electron chi connectivity index (χ0n) is 6.82. The highest BCUT2D eigenvalue weighted by molar-refractivity contribution is 5.65. The molecule has 0 unspecified atom stereocenters. The van der Waals surface area contributed by atoms with Crippen LogP contribution < -0.4 is 11.0 Å². The minimum absolute atomic E-state index is 0.102. The first-order valence-electron chi connectivity index (χ1n) is 3.11. The Bertz CT molecular complexity index is 117. The number of nitrogens with one attached hydrogen (secondary N) is 2. The molecule has 0 spiro atoms. The van der Waals surface area contributed by atoms with E-state index in [2.05, 4.69) is 15.9 Å². The van der Waals surface area contributed by atoms with E-state index in [1.165, 1.54) is 6.92 Å². The molecule has 0 amide bonds. The van der Waals surface area contributed by atoms with E-state index in [0.29, 0.717) is 0 Å². The molecule has 0 aliphatic heterocycles. The third kappa shape index (κ3) is 7.39. The summed E-state index contributed by atoms with van der Waals surface area (Å²) in [5, 5.41) is 0. The lowest BCUT2D eigenvalue weighted by Gasteiger charge is -2.19. The van der Waals surface area contributed by atoms with E-state index < -0.39 is 0 Å². The summed E-state index contributed by atoms with van der Waals surface area (Å²) in [4.78, 5) is 14.6. The number of carbonyl (C=O) groups excluding carboxylic acids is 1. The molecule has 0 fully saturated rings. The topological polar surface area (TPSA) is 50.4 Å². The zero-order chi connectivity index (χ0) is 8.20. The number of hydrogen-bond donors (Lipinski definition) is 2. The van der Waals surface area contributed by atoms with Crippen molar-refractivity contribution in [1.29, 1.82) is 0 Å². The maximum absolute atomic E-state index is 10.2. The average molecular weight is 146 g/mol. The highest BCUT2D eigenvalue weighted by Crippen LogP contribution is 1.94. The molecule has 0 aliphatic rings. The van der Waals surface area contributed by atoms with Crippen LogP contribution in [0.2, 0.25) is 0 Å². The van der Waals surface area contributed by atoms with Gasteiger partial charge >= 0.3 is 5.97 Å². The molecule has 60 valence electrons. The van der Waals surface area contributed by atoms with Gasteiger partial charge in [0.1, 0.15) is 0 Å². The molecular formula is C6H14N2O2. The van der Waals surface area contributed by atoms with Gasteiger partial charge in [0.15, 0.2) is 0 Å². The van der Waals surface area contributed by atoms with Crippen molar-refractivity contribution < 1.29 is 9.63 Å². The summed E-state index contributed by atoms with van der Waals surface area (Å²) in [7, 11) is 0. The van der Waals surface area contributed by atoms with E-state index in [-0.39, 0.29) is 11.5 Å². The van der Waals surface area contributed by atoms with Crippen LogP contribution in [0.3, 0.4) is 0 Å². The van der Waals surface area contributed by atoms with Gasteiger partial charge in [-0.05, 0) is 20.8 Å². The molecule has 0 rings (SSSR count). The normalized spacial score (nSPS) is 11.2. The number of hydrazine groups is 1. The van der Waals surface area contributed by atoms with E-state index in [0.717, 1.165) is 0 Å². The smallest absolute Gasteiger partial charge is 0.323 e. The standard InChI is InChI=1S/C6H14N2O2/c1-5(9)10-8-7-6(2,3)4/h7-8H,1-4H3. The fraction of sp³-hybridized carbons (Fsp3) is 0.833. The van der Waals surface area contributed by atoms with Gasteiger partial charge in [-0.25, -0.2) is 5.43 Å². The van der Waals surface area contributed by atoms with E-state index in [9.17, 15) is 4.79 Å². The summed E-state index contributed by atoms with van der Waals surface area (Å²) < 4.78 is 0. The van der Waals surface area contributed by atoms with Crippen LogP contribution in [0.1, 0.15) is 27.7 Å². The minimum atomic E-state index is -0.364. The number of carbonyl (C=O) groups is 1. The quantitative estimate of drug-likeness (QED) is 0.552. The summed E-state index contributed by atoms with van der Waals surface area (Å²) in [6.07, 6.45) is 0. The van der Waals surface area contributed by atoms with Gasteiger partial charge in [0.25, 0.3) is 0 Å². The van der Waals surface area contributed by atoms with Gasteiger partial charge in [-0.15, -0.1) is 0 Å². The van der Waals surface area contributed by atoms with E-state index >= 15 is 0 Å². The average Bonchev–Trinajstić information content (AvgIpc) is 1.59. The van der Waals surface area contributed by atoms with Crippen molar-refractivity contribution in [3.05, 3.63) is 0 Å². The first kappa shape index (κ1) is 9.39. The van der Waals surface area contributed by atoms with Crippen LogP contribution in [-0.4, -0.2) is 11.5 Å². The molecule has 0 aromatic carbocycles. The molecule has 0 aromatic rings. The van der Waals surface area contributed by atoms with Gasteiger partial charge < -0.3 is 4.84 Å². The Hall–Kier alpha value is -0.610. The van der Waals surface area contributed by atoms with Gasteiger partial charge in [-0.1, -0.05) is 5.59 Å². The SMILES string of the molecule is CC(=O)ONNC(C)(C)C. The van der Waals surface area contributed by atoms with Gasteiger partial charge in [-0.2, -0.15) is 0 Å². The lowest BCUT2D eigenvalue weighted by Crippen LogP contribution is -2.46. The Labute approximate surface area is 60.9 Å². The molecule has 0 aromatic heterocycles. The van der Waals surface area contributed by atoms with Crippen molar-refractivity contribution in [3.63, 3.8) is 0 Å². The Balaban J connectivity index is 3.29. The monoisotopic (exact) mass is 146 g/mol. The molecule has 4 nitrogen and oxygen atoms in total. The van der Waals surface area contributed by atoms with Gasteiger partial charge in [0.2, 0.25) is 0 Å². The highest BCUT2D eigenvalue weighted by atomic mass is 16.7. The van der Waals surface area contributed by atoms with Crippen molar-refractivity contribution >= 4 is 5.97 Å². The lowest BCUT2D eigenvalue weighted by atomic mass is 10.1. The second-order valence-corrected chi connectivity index (χ2v) is 3.07. The summed E-state index contributed by atoms with van der Waals surface area (Å²) in [5.74, 6) is -0.364. The van der Waals surface area contributed by atoms with Crippen LogP contribution in [0.5, 0.6) is 0 Å². The maximum Gasteiger partial charge on any atom is 0.323 e. The lowest BCUT2D eigenvalue weighted by molar-refractivity contribution is -0.152. The first-order valence-corrected chi connectivity index (χ1v) is 3.11. The van der Waals surface area contributed by atoms with Gasteiger partial charge in [0, 0.05) is 12.5 Å². The third-order valence-corrected chi connectivity index (χ3v) is 0.621. The second kappa shape index (κ2) is 3.53. The van der Waals surface area contributed by atoms with Crippen molar-refractivity contribution in [3.8, 4) is 0 Å². The number of rotatable bonds is 2. The van der Waals surface area contributed by atoms with Crippen molar-refractivity contribution in [1.82, 2.24) is 11.0 Å². The maximum atomic E-state index is 10.2. The van der Waals surface area contributed by atoms with Crippen LogP contribution in [0, 0.1) is 0 Å². The molecule has 10 heavy (non-hydrogen) atoms. The van der Waals surface area contributed by atoms with Crippen molar-refractivity contribution in [2.75, 3.05) is 0 Å². The molecule has 0 heterocycles.